The van der Waals surface area contributed by atoms with Crippen LogP contribution in [0, 0.1) is 11.8 Å². The summed E-state index contributed by atoms with van der Waals surface area (Å²) < 4.78 is 30.0. The number of aliphatic imine (C=N–C) groups is 1. The van der Waals surface area contributed by atoms with Crippen molar-refractivity contribution in [3.05, 3.63) is 0 Å². The Morgan fingerprint density at radius 1 is 1.20 bits per heavy atom. The van der Waals surface area contributed by atoms with E-state index in [1.165, 1.54) is 6.26 Å². The second-order valence-electron chi connectivity index (χ2n) is 6.86. The summed E-state index contributed by atoms with van der Waals surface area (Å²) in [6.07, 6.45) is 4.22. The fourth-order valence-corrected chi connectivity index (χ4v) is 4.34. The van der Waals surface area contributed by atoms with Gasteiger partial charge in [0, 0.05) is 52.3 Å². The minimum absolute atomic E-state index is 0. The molecule has 2 aliphatic heterocycles. The lowest BCUT2D eigenvalue weighted by Crippen LogP contribution is -2.41. The molecular formula is C16H33IN4O3S. The van der Waals surface area contributed by atoms with Gasteiger partial charge in [-0.15, -0.1) is 24.0 Å². The number of sulfonamides is 1. The average Bonchev–Trinajstić information content (AvgIpc) is 3.00. The van der Waals surface area contributed by atoms with Crippen LogP contribution in [-0.4, -0.2) is 82.8 Å². The Morgan fingerprint density at radius 3 is 2.40 bits per heavy atom. The van der Waals surface area contributed by atoms with Crippen LogP contribution in [0.2, 0.25) is 0 Å². The molecular weight excluding hydrogens is 455 g/mol. The average molecular weight is 488 g/mol. The molecule has 0 aliphatic carbocycles. The Bertz CT molecular complexity index is 521. The van der Waals surface area contributed by atoms with Crippen LogP contribution in [0.4, 0.5) is 0 Å². The first-order chi connectivity index (χ1) is 11.4. The van der Waals surface area contributed by atoms with Crippen molar-refractivity contribution in [3.8, 4) is 0 Å². The van der Waals surface area contributed by atoms with Gasteiger partial charge in [-0.1, -0.05) is 0 Å². The van der Waals surface area contributed by atoms with Gasteiger partial charge in [-0.25, -0.2) is 12.7 Å². The quantitative estimate of drug-likeness (QED) is 0.346. The number of nitrogens with one attached hydrogen (secondary N) is 1. The Kier molecular flexibility index (Phi) is 9.97. The van der Waals surface area contributed by atoms with Crippen LogP contribution in [0.1, 0.15) is 26.2 Å². The molecule has 0 amide bonds. The molecule has 0 spiro atoms. The van der Waals surface area contributed by atoms with Gasteiger partial charge in [0.05, 0.1) is 12.9 Å². The highest BCUT2D eigenvalue weighted by Crippen LogP contribution is 2.20. The summed E-state index contributed by atoms with van der Waals surface area (Å²) in [5.74, 6) is 2.03. The highest BCUT2D eigenvalue weighted by molar-refractivity contribution is 14.0. The lowest BCUT2D eigenvalue weighted by Gasteiger charge is -2.30. The van der Waals surface area contributed by atoms with Crippen molar-refractivity contribution in [1.29, 1.82) is 0 Å². The van der Waals surface area contributed by atoms with Gasteiger partial charge in [-0.3, -0.25) is 4.99 Å². The molecule has 25 heavy (non-hydrogen) atoms. The number of guanidine groups is 1. The number of ether oxygens (including phenoxy) is 1. The molecule has 2 fully saturated rings. The van der Waals surface area contributed by atoms with Crippen LogP contribution >= 0.6 is 24.0 Å². The minimum Gasteiger partial charge on any atom is -0.384 e. The van der Waals surface area contributed by atoms with E-state index < -0.39 is 10.0 Å². The van der Waals surface area contributed by atoms with Crippen molar-refractivity contribution >= 4 is 40.0 Å². The number of likely N-dealkylation sites (tertiary alicyclic amines) is 1. The third-order valence-corrected chi connectivity index (χ3v) is 6.17. The van der Waals surface area contributed by atoms with E-state index in [4.69, 9.17) is 9.73 Å². The fraction of sp³-hybridized carbons (Fsp3) is 0.938. The molecule has 1 N–H and O–H groups in total. The van der Waals surface area contributed by atoms with E-state index in [0.29, 0.717) is 24.9 Å². The van der Waals surface area contributed by atoms with E-state index in [1.54, 1.807) is 11.4 Å². The number of hydrogen-bond donors (Lipinski definition) is 1. The van der Waals surface area contributed by atoms with Crippen molar-refractivity contribution in [3.63, 3.8) is 0 Å². The van der Waals surface area contributed by atoms with E-state index in [-0.39, 0.29) is 24.0 Å². The molecule has 1 unspecified atom stereocenters. The summed E-state index contributed by atoms with van der Waals surface area (Å²) in [5, 5.41) is 3.39. The summed E-state index contributed by atoms with van der Waals surface area (Å²) in [7, 11) is -1.29. The monoisotopic (exact) mass is 488 g/mol. The van der Waals surface area contributed by atoms with Gasteiger partial charge >= 0.3 is 0 Å². The second kappa shape index (κ2) is 10.9. The number of hydrogen-bond acceptors (Lipinski definition) is 4. The van der Waals surface area contributed by atoms with Crippen LogP contribution in [0.3, 0.4) is 0 Å². The molecule has 0 saturated carbocycles. The molecule has 0 bridgehead atoms. The second-order valence-corrected chi connectivity index (χ2v) is 8.84. The standard InChI is InChI=1S/C16H32N4O3S.HI/c1-4-17-16(19-8-5-15(12-19)13-23-2)18-11-14-6-9-20(10-7-14)24(3,21)22;/h14-15H,4-13H2,1-3H3,(H,17,18);1H. The fourth-order valence-electron chi connectivity index (χ4n) is 3.46. The maximum Gasteiger partial charge on any atom is 0.211 e. The molecule has 148 valence electrons. The molecule has 9 heteroatoms. The Morgan fingerprint density at radius 2 is 1.84 bits per heavy atom. The van der Waals surface area contributed by atoms with Crippen LogP contribution < -0.4 is 5.32 Å². The summed E-state index contributed by atoms with van der Waals surface area (Å²) in [6, 6.07) is 0. The predicted molar refractivity (Wildman–Crippen MR) is 112 cm³/mol. The normalized spacial score (nSPS) is 23.6. The lowest BCUT2D eigenvalue weighted by molar-refractivity contribution is 0.157. The molecule has 1 atom stereocenters. The van der Waals surface area contributed by atoms with Gasteiger partial charge < -0.3 is 15.0 Å². The van der Waals surface area contributed by atoms with E-state index in [0.717, 1.165) is 58.0 Å². The first kappa shape index (κ1) is 22.9. The maximum absolute atomic E-state index is 11.6. The van der Waals surface area contributed by atoms with Crippen molar-refractivity contribution in [2.75, 3.05) is 59.2 Å². The van der Waals surface area contributed by atoms with Crippen molar-refractivity contribution in [1.82, 2.24) is 14.5 Å². The molecule has 7 nitrogen and oxygen atoms in total. The first-order valence-corrected chi connectivity index (χ1v) is 10.8. The molecule has 2 heterocycles. The number of halogens is 1. The summed E-state index contributed by atoms with van der Waals surface area (Å²) in [4.78, 5) is 7.14. The van der Waals surface area contributed by atoms with Gasteiger partial charge in [-0.05, 0) is 32.1 Å². The highest BCUT2D eigenvalue weighted by atomic mass is 127. The molecule has 0 aromatic rings. The maximum atomic E-state index is 11.6. The topological polar surface area (TPSA) is 74.2 Å². The van der Waals surface area contributed by atoms with Crippen molar-refractivity contribution < 1.29 is 13.2 Å². The van der Waals surface area contributed by atoms with E-state index >= 15 is 0 Å². The SMILES string of the molecule is CCNC(=NCC1CCN(S(C)(=O)=O)CC1)N1CCC(COC)C1.I. The number of rotatable bonds is 6. The molecule has 0 aromatic heterocycles. The molecule has 2 rings (SSSR count). The smallest absolute Gasteiger partial charge is 0.211 e. The van der Waals surface area contributed by atoms with E-state index in [2.05, 4.69) is 17.1 Å². The van der Waals surface area contributed by atoms with Crippen molar-refractivity contribution in [2.45, 2.75) is 26.2 Å². The number of methoxy groups -OCH3 is 1. The summed E-state index contributed by atoms with van der Waals surface area (Å²) in [5.41, 5.74) is 0. The third kappa shape index (κ3) is 7.18. The zero-order valence-electron chi connectivity index (χ0n) is 15.6. The Hall–Kier alpha value is -0.130. The summed E-state index contributed by atoms with van der Waals surface area (Å²) >= 11 is 0. The van der Waals surface area contributed by atoms with Gasteiger partial charge in [0.25, 0.3) is 0 Å². The van der Waals surface area contributed by atoms with Crippen LogP contribution in [0.15, 0.2) is 4.99 Å². The third-order valence-electron chi connectivity index (χ3n) is 4.86. The molecule has 0 radical (unpaired) electrons. The molecule has 0 aromatic carbocycles. The largest absolute Gasteiger partial charge is 0.384 e. The van der Waals surface area contributed by atoms with Crippen molar-refractivity contribution in [2.24, 2.45) is 16.8 Å². The van der Waals surface area contributed by atoms with Crippen LogP contribution in [0.5, 0.6) is 0 Å². The number of nitrogens with zero attached hydrogens (tertiary/aromatic N) is 3. The molecule has 2 saturated heterocycles. The summed E-state index contributed by atoms with van der Waals surface area (Å²) in [6.45, 7) is 7.77. The zero-order valence-corrected chi connectivity index (χ0v) is 18.8. The van der Waals surface area contributed by atoms with Crippen LogP contribution in [0.25, 0.3) is 0 Å². The van der Waals surface area contributed by atoms with Gasteiger partial charge in [-0.2, -0.15) is 0 Å². The zero-order chi connectivity index (χ0) is 17.6. The Balaban J connectivity index is 0.00000312. The van der Waals surface area contributed by atoms with Gasteiger partial charge in [0.2, 0.25) is 10.0 Å². The first-order valence-electron chi connectivity index (χ1n) is 8.91. The van der Waals surface area contributed by atoms with Gasteiger partial charge in [0.15, 0.2) is 5.96 Å². The Labute approximate surface area is 169 Å². The number of piperidine rings is 1. The van der Waals surface area contributed by atoms with E-state index in [9.17, 15) is 8.42 Å². The molecule has 2 aliphatic rings. The predicted octanol–water partition coefficient (Wildman–Crippen LogP) is 1.21. The van der Waals surface area contributed by atoms with Gasteiger partial charge in [0.1, 0.15) is 0 Å². The minimum atomic E-state index is -3.05. The lowest BCUT2D eigenvalue weighted by atomic mass is 9.98. The van der Waals surface area contributed by atoms with Crippen LogP contribution in [-0.2, 0) is 14.8 Å². The van der Waals surface area contributed by atoms with E-state index in [1.807, 2.05) is 0 Å². The highest BCUT2D eigenvalue weighted by Gasteiger charge is 2.27.